The number of thioether (sulfide) groups is 1. The van der Waals surface area contributed by atoms with E-state index in [2.05, 4.69) is 21.4 Å². The molecule has 0 bridgehead atoms. The lowest BCUT2D eigenvalue weighted by Gasteiger charge is -2.15. The number of nitrogens with one attached hydrogen (secondary N) is 1. The molecular formula is C10H7BrN2O2S2. The number of thiocarbonyl (C=S) groups is 1. The van der Waals surface area contributed by atoms with Gasteiger partial charge < -0.3 is 0 Å². The number of amides is 2. The fourth-order valence-corrected chi connectivity index (χ4v) is 2.47. The maximum atomic E-state index is 11.8. The van der Waals surface area contributed by atoms with Crippen molar-refractivity contribution in [3.05, 3.63) is 34.3 Å². The van der Waals surface area contributed by atoms with Crippen LogP contribution < -0.4 is 5.43 Å². The normalized spacial score (nSPS) is 15.2. The molecule has 0 spiro atoms. The van der Waals surface area contributed by atoms with Crippen molar-refractivity contribution >= 4 is 56.0 Å². The monoisotopic (exact) mass is 330 g/mol. The summed E-state index contributed by atoms with van der Waals surface area (Å²) in [4.78, 5) is 23.2. The van der Waals surface area contributed by atoms with E-state index >= 15 is 0 Å². The van der Waals surface area contributed by atoms with Gasteiger partial charge in [-0.3, -0.25) is 15.0 Å². The van der Waals surface area contributed by atoms with Gasteiger partial charge in [0.15, 0.2) is 4.32 Å². The Balaban J connectivity index is 2.09. The van der Waals surface area contributed by atoms with E-state index in [4.69, 9.17) is 12.2 Å². The number of benzene rings is 1. The van der Waals surface area contributed by atoms with Gasteiger partial charge in [0.2, 0.25) is 0 Å². The van der Waals surface area contributed by atoms with Gasteiger partial charge in [-0.2, -0.15) is 0 Å². The third-order valence-electron chi connectivity index (χ3n) is 2.07. The molecule has 0 unspecified atom stereocenters. The maximum absolute atomic E-state index is 11.8. The van der Waals surface area contributed by atoms with Crippen LogP contribution in [0.15, 0.2) is 28.7 Å². The maximum Gasteiger partial charge on any atom is 0.270 e. The van der Waals surface area contributed by atoms with E-state index in [-0.39, 0.29) is 17.6 Å². The SMILES string of the molecule is O=C(NN1C(=O)CSC1=S)c1ccc(Br)cc1. The zero-order chi connectivity index (χ0) is 12.4. The first-order valence-electron chi connectivity index (χ1n) is 4.64. The van der Waals surface area contributed by atoms with Gasteiger partial charge >= 0.3 is 0 Å². The lowest BCUT2D eigenvalue weighted by Crippen LogP contribution is -2.45. The molecule has 2 rings (SSSR count). The lowest BCUT2D eigenvalue weighted by molar-refractivity contribution is -0.125. The Morgan fingerprint density at radius 1 is 1.41 bits per heavy atom. The number of carbonyl (C=O) groups is 2. The summed E-state index contributed by atoms with van der Waals surface area (Å²) in [6.45, 7) is 0. The van der Waals surface area contributed by atoms with E-state index < -0.39 is 0 Å². The van der Waals surface area contributed by atoms with Crippen LogP contribution in [-0.2, 0) is 4.79 Å². The van der Waals surface area contributed by atoms with Crippen LogP contribution in [0.2, 0.25) is 0 Å². The van der Waals surface area contributed by atoms with Gasteiger partial charge in [0.1, 0.15) is 0 Å². The summed E-state index contributed by atoms with van der Waals surface area (Å²) in [6.07, 6.45) is 0. The minimum atomic E-state index is -0.351. The molecule has 0 aliphatic carbocycles. The smallest absolute Gasteiger partial charge is 0.270 e. The first kappa shape index (κ1) is 12.5. The van der Waals surface area contributed by atoms with Gasteiger partial charge in [0.05, 0.1) is 5.75 Å². The summed E-state index contributed by atoms with van der Waals surface area (Å²) in [5.74, 6) is -0.277. The number of halogens is 1. The van der Waals surface area contributed by atoms with Crippen LogP contribution in [0.4, 0.5) is 0 Å². The Labute approximate surface area is 116 Å². The molecule has 0 radical (unpaired) electrons. The van der Waals surface area contributed by atoms with Crippen LogP contribution >= 0.6 is 39.9 Å². The molecule has 17 heavy (non-hydrogen) atoms. The third kappa shape index (κ3) is 2.85. The van der Waals surface area contributed by atoms with E-state index in [1.807, 2.05) is 0 Å². The molecule has 7 heteroatoms. The van der Waals surface area contributed by atoms with Gasteiger partial charge in [0, 0.05) is 10.0 Å². The molecule has 1 aliphatic heterocycles. The molecule has 1 N–H and O–H groups in total. The molecule has 2 amide bonds. The van der Waals surface area contributed by atoms with Crippen molar-refractivity contribution in [3.63, 3.8) is 0 Å². The van der Waals surface area contributed by atoms with Crippen molar-refractivity contribution in [1.29, 1.82) is 0 Å². The standard InChI is InChI=1S/C10H7BrN2O2S2/c11-7-3-1-6(2-4-7)9(15)12-13-8(14)5-17-10(13)16/h1-4H,5H2,(H,12,15). The highest BCUT2D eigenvalue weighted by Gasteiger charge is 2.28. The second-order valence-electron chi connectivity index (χ2n) is 3.23. The lowest BCUT2D eigenvalue weighted by atomic mass is 10.2. The molecule has 0 saturated carbocycles. The highest BCUT2D eigenvalue weighted by Crippen LogP contribution is 2.17. The van der Waals surface area contributed by atoms with E-state index in [9.17, 15) is 9.59 Å². The van der Waals surface area contributed by atoms with Gasteiger partial charge in [0.25, 0.3) is 11.8 Å². The van der Waals surface area contributed by atoms with Crippen molar-refractivity contribution in [2.24, 2.45) is 0 Å². The van der Waals surface area contributed by atoms with Crippen molar-refractivity contribution in [3.8, 4) is 0 Å². The zero-order valence-electron chi connectivity index (χ0n) is 8.47. The molecule has 1 saturated heterocycles. The first-order chi connectivity index (χ1) is 8.08. The summed E-state index contributed by atoms with van der Waals surface area (Å²) < 4.78 is 1.26. The Morgan fingerprint density at radius 2 is 2.06 bits per heavy atom. The molecule has 1 fully saturated rings. The van der Waals surface area contributed by atoms with E-state index in [0.29, 0.717) is 9.88 Å². The number of nitrogens with zero attached hydrogens (tertiary/aromatic N) is 1. The first-order valence-corrected chi connectivity index (χ1v) is 6.83. The molecule has 1 aliphatic rings. The van der Waals surface area contributed by atoms with E-state index in [1.54, 1.807) is 24.3 Å². The van der Waals surface area contributed by atoms with E-state index in [1.165, 1.54) is 11.8 Å². The highest BCUT2D eigenvalue weighted by atomic mass is 79.9. The fourth-order valence-electron chi connectivity index (χ4n) is 1.23. The van der Waals surface area contributed by atoms with Crippen LogP contribution in [0.25, 0.3) is 0 Å². The Morgan fingerprint density at radius 3 is 2.59 bits per heavy atom. The van der Waals surface area contributed by atoms with Crippen molar-refractivity contribution < 1.29 is 9.59 Å². The summed E-state index contributed by atoms with van der Waals surface area (Å²) >= 11 is 9.47. The average Bonchev–Trinajstić information content (AvgIpc) is 2.61. The summed E-state index contributed by atoms with van der Waals surface area (Å²) in [6, 6.07) is 6.84. The second-order valence-corrected chi connectivity index (χ2v) is 5.76. The summed E-state index contributed by atoms with van der Waals surface area (Å²) in [5.41, 5.74) is 2.95. The van der Waals surface area contributed by atoms with Gasteiger partial charge in [-0.15, -0.1) is 0 Å². The average molecular weight is 331 g/mol. The number of carbonyl (C=O) groups excluding carboxylic acids is 2. The topological polar surface area (TPSA) is 49.4 Å². The molecular weight excluding hydrogens is 324 g/mol. The number of rotatable bonds is 2. The van der Waals surface area contributed by atoms with Crippen LogP contribution in [0, 0.1) is 0 Å². The molecule has 1 heterocycles. The quantitative estimate of drug-likeness (QED) is 0.842. The number of hydrogen-bond acceptors (Lipinski definition) is 4. The predicted molar refractivity (Wildman–Crippen MR) is 73.5 cm³/mol. The van der Waals surface area contributed by atoms with Crippen molar-refractivity contribution in [2.75, 3.05) is 5.75 Å². The Bertz CT molecular complexity index is 474. The Kier molecular flexibility index (Phi) is 3.80. The minimum Gasteiger partial charge on any atom is -0.272 e. The van der Waals surface area contributed by atoms with E-state index in [0.717, 1.165) is 9.48 Å². The highest BCUT2D eigenvalue weighted by molar-refractivity contribution is 9.10. The van der Waals surface area contributed by atoms with Crippen LogP contribution in [-0.4, -0.2) is 26.9 Å². The summed E-state index contributed by atoms with van der Waals surface area (Å²) in [5, 5.41) is 1.12. The largest absolute Gasteiger partial charge is 0.272 e. The van der Waals surface area contributed by atoms with Gasteiger partial charge in [-0.25, -0.2) is 5.01 Å². The fraction of sp³-hybridized carbons (Fsp3) is 0.100. The number of hydrogen-bond donors (Lipinski definition) is 1. The van der Waals surface area contributed by atoms with Gasteiger partial charge in [-0.1, -0.05) is 39.9 Å². The van der Waals surface area contributed by atoms with Crippen molar-refractivity contribution in [2.45, 2.75) is 0 Å². The minimum absolute atomic E-state index is 0.203. The zero-order valence-corrected chi connectivity index (χ0v) is 11.7. The van der Waals surface area contributed by atoms with Crippen LogP contribution in [0.5, 0.6) is 0 Å². The molecule has 0 atom stereocenters. The molecule has 1 aromatic rings. The Hall–Kier alpha value is -0.920. The molecule has 4 nitrogen and oxygen atoms in total. The molecule has 88 valence electrons. The van der Waals surface area contributed by atoms with Gasteiger partial charge in [-0.05, 0) is 24.3 Å². The second kappa shape index (κ2) is 5.16. The summed E-state index contributed by atoms with van der Waals surface area (Å²) in [7, 11) is 0. The third-order valence-corrected chi connectivity index (χ3v) is 3.96. The predicted octanol–water partition coefficient (Wildman–Crippen LogP) is 1.95. The van der Waals surface area contributed by atoms with Crippen LogP contribution in [0.1, 0.15) is 10.4 Å². The molecule has 0 aromatic heterocycles. The molecule has 1 aromatic carbocycles. The van der Waals surface area contributed by atoms with Crippen LogP contribution in [0.3, 0.4) is 0 Å². The number of hydrazine groups is 1. The van der Waals surface area contributed by atoms with Crippen molar-refractivity contribution in [1.82, 2.24) is 10.4 Å².